The van der Waals surface area contributed by atoms with Crippen LogP contribution in [0.25, 0.3) is 0 Å². The fraction of sp³-hybridized carbons (Fsp3) is 0.562. The summed E-state index contributed by atoms with van der Waals surface area (Å²) in [5.74, 6) is -0.285. The highest BCUT2D eigenvalue weighted by atomic mass is 79.9. The number of ether oxygens (including phenoxy) is 2. The highest BCUT2D eigenvalue weighted by Crippen LogP contribution is 2.22. The summed E-state index contributed by atoms with van der Waals surface area (Å²) in [5.41, 5.74) is 0.395. The minimum atomic E-state index is -0.491. The van der Waals surface area contributed by atoms with E-state index in [-0.39, 0.29) is 18.0 Å². The van der Waals surface area contributed by atoms with Gasteiger partial charge in [0.15, 0.2) is 0 Å². The molecule has 122 valence electrons. The second-order valence-corrected chi connectivity index (χ2v) is 7.24. The summed E-state index contributed by atoms with van der Waals surface area (Å²) >= 11 is 3.32. The van der Waals surface area contributed by atoms with Crippen LogP contribution in [0.3, 0.4) is 0 Å². The maximum atomic E-state index is 13.0. The molecule has 22 heavy (non-hydrogen) atoms. The molecular formula is C16H21BrFNO3. The SMILES string of the molecule is CC(C)(C)OC(=O)N1CC[C@H](OCc2ccc(F)cc2Br)C1. The van der Waals surface area contributed by atoms with Crippen molar-refractivity contribution in [1.29, 1.82) is 0 Å². The van der Waals surface area contributed by atoms with E-state index in [1.807, 2.05) is 20.8 Å². The topological polar surface area (TPSA) is 38.8 Å². The van der Waals surface area contributed by atoms with Gasteiger partial charge in [0.05, 0.1) is 19.3 Å². The summed E-state index contributed by atoms with van der Waals surface area (Å²) in [6.45, 7) is 7.08. The Balaban J connectivity index is 1.82. The first-order valence-corrected chi connectivity index (χ1v) is 8.07. The van der Waals surface area contributed by atoms with Crippen LogP contribution in [0.1, 0.15) is 32.8 Å². The second-order valence-electron chi connectivity index (χ2n) is 6.38. The average molecular weight is 374 g/mol. The zero-order chi connectivity index (χ0) is 16.3. The number of carbonyl (C=O) groups is 1. The fourth-order valence-electron chi connectivity index (χ4n) is 2.20. The monoisotopic (exact) mass is 373 g/mol. The molecule has 0 bridgehead atoms. The normalized spacial score (nSPS) is 18.6. The van der Waals surface area contributed by atoms with Crippen molar-refractivity contribution < 1.29 is 18.7 Å². The molecule has 0 radical (unpaired) electrons. The Morgan fingerprint density at radius 1 is 1.45 bits per heavy atom. The van der Waals surface area contributed by atoms with Gasteiger partial charge in [-0.1, -0.05) is 22.0 Å². The first-order valence-electron chi connectivity index (χ1n) is 7.28. The highest BCUT2D eigenvalue weighted by molar-refractivity contribution is 9.10. The third kappa shape index (κ3) is 4.95. The Morgan fingerprint density at radius 3 is 2.82 bits per heavy atom. The van der Waals surface area contributed by atoms with Crippen molar-refractivity contribution in [2.24, 2.45) is 0 Å². The zero-order valence-corrected chi connectivity index (χ0v) is 14.7. The standard InChI is InChI=1S/C16H21BrFNO3/c1-16(2,3)22-15(20)19-7-6-13(9-19)21-10-11-4-5-12(18)8-14(11)17/h4-5,8,13H,6-7,9-10H2,1-3H3/t13-/m0/s1. The lowest BCUT2D eigenvalue weighted by Gasteiger charge is -2.24. The molecule has 1 atom stereocenters. The van der Waals surface area contributed by atoms with Crippen LogP contribution in [0.5, 0.6) is 0 Å². The van der Waals surface area contributed by atoms with Crippen LogP contribution in [0.2, 0.25) is 0 Å². The van der Waals surface area contributed by atoms with E-state index < -0.39 is 5.60 Å². The van der Waals surface area contributed by atoms with Crippen molar-refractivity contribution in [2.75, 3.05) is 13.1 Å². The van der Waals surface area contributed by atoms with Crippen LogP contribution in [-0.4, -0.2) is 35.8 Å². The Bertz CT molecular complexity index is 545. The molecule has 0 N–H and O–H groups in total. The molecule has 1 amide bonds. The molecule has 0 unspecified atom stereocenters. The van der Waals surface area contributed by atoms with Crippen molar-refractivity contribution in [3.63, 3.8) is 0 Å². The van der Waals surface area contributed by atoms with Gasteiger partial charge in [-0.15, -0.1) is 0 Å². The lowest BCUT2D eigenvalue weighted by Crippen LogP contribution is -2.36. The number of likely N-dealkylation sites (tertiary alicyclic amines) is 1. The average Bonchev–Trinajstić information content (AvgIpc) is 2.84. The molecule has 1 aliphatic heterocycles. The van der Waals surface area contributed by atoms with Gasteiger partial charge >= 0.3 is 6.09 Å². The van der Waals surface area contributed by atoms with Crippen molar-refractivity contribution in [2.45, 2.75) is 45.5 Å². The predicted octanol–water partition coefficient (Wildman–Crippen LogP) is 4.11. The number of hydrogen-bond acceptors (Lipinski definition) is 3. The molecule has 1 saturated heterocycles. The van der Waals surface area contributed by atoms with E-state index in [0.717, 1.165) is 12.0 Å². The van der Waals surface area contributed by atoms with Crippen molar-refractivity contribution in [3.8, 4) is 0 Å². The van der Waals surface area contributed by atoms with E-state index >= 15 is 0 Å². The van der Waals surface area contributed by atoms with Crippen LogP contribution in [-0.2, 0) is 16.1 Å². The third-order valence-electron chi connectivity index (χ3n) is 3.29. The van der Waals surface area contributed by atoms with Crippen LogP contribution < -0.4 is 0 Å². The minimum absolute atomic E-state index is 0.0236. The number of halogens is 2. The lowest BCUT2D eigenvalue weighted by molar-refractivity contribution is 0.0183. The summed E-state index contributed by atoms with van der Waals surface area (Å²) in [7, 11) is 0. The molecular weight excluding hydrogens is 353 g/mol. The number of amides is 1. The molecule has 1 fully saturated rings. The summed E-state index contributed by atoms with van der Waals surface area (Å²) in [5, 5.41) is 0. The van der Waals surface area contributed by atoms with Crippen molar-refractivity contribution >= 4 is 22.0 Å². The summed E-state index contributed by atoms with van der Waals surface area (Å²) < 4.78 is 24.9. The van der Waals surface area contributed by atoms with Gasteiger partial charge in [0.1, 0.15) is 11.4 Å². The molecule has 1 heterocycles. The quantitative estimate of drug-likeness (QED) is 0.799. The second kappa shape index (κ2) is 6.96. The molecule has 0 saturated carbocycles. The number of nitrogens with zero attached hydrogens (tertiary/aromatic N) is 1. The Labute approximate surface area is 138 Å². The van der Waals surface area contributed by atoms with Gasteiger partial charge in [-0.05, 0) is 44.9 Å². The van der Waals surface area contributed by atoms with Crippen LogP contribution >= 0.6 is 15.9 Å². The number of rotatable bonds is 3. The van der Waals surface area contributed by atoms with Gasteiger partial charge in [0, 0.05) is 11.0 Å². The van der Waals surface area contributed by atoms with E-state index in [9.17, 15) is 9.18 Å². The molecule has 1 aliphatic rings. The molecule has 2 rings (SSSR count). The van der Waals surface area contributed by atoms with Gasteiger partial charge in [-0.3, -0.25) is 0 Å². The Morgan fingerprint density at radius 2 is 2.18 bits per heavy atom. The predicted molar refractivity (Wildman–Crippen MR) is 85.1 cm³/mol. The molecule has 1 aromatic rings. The van der Waals surface area contributed by atoms with E-state index in [4.69, 9.17) is 9.47 Å². The van der Waals surface area contributed by atoms with Gasteiger partial charge in [0.2, 0.25) is 0 Å². The maximum Gasteiger partial charge on any atom is 0.410 e. The maximum absolute atomic E-state index is 13.0. The van der Waals surface area contributed by atoms with E-state index in [1.54, 1.807) is 11.0 Å². The first-order chi connectivity index (χ1) is 10.2. The Hall–Kier alpha value is -1.14. The van der Waals surface area contributed by atoms with Gasteiger partial charge in [-0.25, -0.2) is 9.18 Å². The largest absolute Gasteiger partial charge is 0.444 e. The number of benzene rings is 1. The van der Waals surface area contributed by atoms with Crippen molar-refractivity contribution in [1.82, 2.24) is 4.90 Å². The van der Waals surface area contributed by atoms with Gasteiger partial charge < -0.3 is 14.4 Å². The van der Waals surface area contributed by atoms with Crippen molar-refractivity contribution in [3.05, 3.63) is 34.1 Å². The summed E-state index contributed by atoms with van der Waals surface area (Å²) in [6, 6.07) is 4.52. The summed E-state index contributed by atoms with van der Waals surface area (Å²) in [4.78, 5) is 13.6. The first kappa shape index (κ1) is 17.2. The molecule has 0 spiro atoms. The van der Waals surface area contributed by atoms with E-state index in [0.29, 0.717) is 24.2 Å². The highest BCUT2D eigenvalue weighted by Gasteiger charge is 2.30. The third-order valence-corrected chi connectivity index (χ3v) is 4.02. The zero-order valence-electron chi connectivity index (χ0n) is 13.1. The molecule has 6 heteroatoms. The van der Waals surface area contributed by atoms with Crippen LogP contribution in [0.15, 0.2) is 22.7 Å². The molecule has 4 nitrogen and oxygen atoms in total. The number of hydrogen-bond donors (Lipinski definition) is 0. The minimum Gasteiger partial charge on any atom is -0.444 e. The van der Waals surface area contributed by atoms with E-state index in [1.165, 1.54) is 12.1 Å². The summed E-state index contributed by atoms with van der Waals surface area (Å²) in [6.07, 6.45) is 0.448. The lowest BCUT2D eigenvalue weighted by atomic mass is 10.2. The molecule has 0 aliphatic carbocycles. The molecule has 0 aromatic heterocycles. The smallest absolute Gasteiger partial charge is 0.410 e. The van der Waals surface area contributed by atoms with Gasteiger partial charge in [-0.2, -0.15) is 0 Å². The fourth-order valence-corrected chi connectivity index (χ4v) is 2.67. The van der Waals surface area contributed by atoms with Crippen LogP contribution in [0.4, 0.5) is 9.18 Å². The Kier molecular flexibility index (Phi) is 5.45. The molecule has 1 aromatic carbocycles. The van der Waals surface area contributed by atoms with E-state index in [2.05, 4.69) is 15.9 Å². The van der Waals surface area contributed by atoms with Gasteiger partial charge in [0.25, 0.3) is 0 Å². The number of carbonyl (C=O) groups excluding carboxylic acids is 1. The van der Waals surface area contributed by atoms with Crippen LogP contribution in [0, 0.1) is 5.82 Å².